The van der Waals surface area contributed by atoms with Crippen molar-refractivity contribution in [2.24, 2.45) is 0 Å². The highest BCUT2D eigenvalue weighted by Crippen LogP contribution is 2.26. The third kappa shape index (κ3) is 4.63. The Balaban J connectivity index is 2.00. The molecule has 0 saturated carbocycles. The van der Waals surface area contributed by atoms with Crippen molar-refractivity contribution in [2.75, 3.05) is 13.1 Å². The predicted octanol–water partition coefficient (Wildman–Crippen LogP) is 4.16. The van der Waals surface area contributed by atoms with E-state index >= 15 is 0 Å². The number of rotatable bonds is 4. The summed E-state index contributed by atoms with van der Waals surface area (Å²) in [4.78, 5) is 14.4. The van der Waals surface area contributed by atoms with Gasteiger partial charge in [-0.3, -0.25) is 4.79 Å². The second kappa shape index (κ2) is 7.69. The van der Waals surface area contributed by atoms with E-state index in [1.54, 1.807) is 0 Å². The molecule has 0 aliphatic carbocycles. The highest BCUT2D eigenvalue weighted by molar-refractivity contribution is 6.30. The van der Waals surface area contributed by atoms with Gasteiger partial charge in [-0.15, -0.1) is 11.6 Å². The molecule has 2 rings (SSSR count). The van der Waals surface area contributed by atoms with Gasteiger partial charge in [0, 0.05) is 13.1 Å². The van der Waals surface area contributed by atoms with Gasteiger partial charge < -0.3 is 9.64 Å². The summed E-state index contributed by atoms with van der Waals surface area (Å²) in [5.74, 6) is 0.830. The summed E-state index contributed by atoms with van der Waals surface area (Å²) in [6.07, 6.45) is 4.71. The first-order valence-corrected chi connectivity index (χ1v) is 8.21. The number of amides is 1. The lowest BCUT2D eigenvalue weighted by atomic mass is 10.1. The van der Waals surface area contributed by atoms with E-state index in [4.69, 9.17) is 16.3 Å². The molecule has 116 valence electrons. The molecule has 1 aliphatic heterocycles. The van der Waals surface area contributed by atoms with E-state index in [2.05, 4.69) is 0 Å². The molecular formula is C17H24ClNO2. The van der Waals surface area contributed by atoms with Crippen molar-refractivity contribution < 1.29 is 9.53 Å². The smallest absolute Gasteiger partial charge is 0.245 e. The summed E-state index contributed by atoms with van der Waals surface area (Å²) in [6.45, 7) is 5.63. The number of hydrogen-bond acceptors (Lipinski definition) is 2. The summed E-state index contributed by atoms with van der Waals surface area (Å²) in [5, 5.41) is -0.601. The van der Waals surface area contributed by atoms with Gasteiger partial charge in [0.2, 0.25) is 5.91 Å². The van der Waals surface area contributed by atoms with E-state index in [9.17, 15) is 4.79 Å². The minimum Gasteiger partial charge on any atom is -0.491 e. The molecule has 3 nitrogen and oxygen atoms in total. The zero-order valence-electron chi connectivity index (χ0n) is 12.8. The van der Waals surface area contributed by atoms with Gasteiger partial charge in [0.15, 0.2) is 0 Å². The van der Waals surface area contributed by atoms with Gasteiger partial charge in [-0.1, -0.05) is 25.0 Å². The normalized spacial score (nSPS) is 17.4. The fraction of sp³-hybridized carbons (Fsp3) is 0.588. The van der Waals surface area contributed by atoms with E-state index in [-0.39, 0.29) is 12.0 Å². The molecule has 1 saturated heterocycles. The number of hydrogen-bond donors (Lipinski definition) is 0. The van der Waals surface area contributed by atoms with Crippen LogP contribution in [0, 0.1) is 0 Å². The molecule has 1 fully saturated rings. The molecule has 4 heteroatoms. The Labute approximate surface area is 132 Å². The summed E-state index contributed by atoms with van der Waals surface area (Å²) < 4.78 is 5.60. The molecular weight excluding hydrogens is 286 g/mol. The van der Waals surface area contributed by atoms with Gasteiger partial charge in [0.05, 0.1) is 6.10 Å². The monoisotopic (exact) mass is 309 g/mol. The standard InChI is InChI=1S/C17H24ClNO2/c1-13(2)21-15-9-7-14(8-10-15)16(18)17(20)19-11-5-3-4-6-12-19/h7-10,13,16H,3-6,11-12H2,1-2H3. The minimum atomic E-state index is -0.601. The molecule has 21 heavy (non-hydrogen) atoms. The molecule has 0 aromatic heterocycles. The van der Waals surface area contributed by atoms with Crippen molar-refractivity contribution in [3.8, 4) is 5.75 Å². The van der Waals surface area contributed by atoms with Gasteiger partial charge in [-0.2, -0.15) is 0 Å². The molecule has 1 aliphatic rings. The summed E-state index contributed by atoms with van der Waals surface area (Å²) in [6, 6.07) is 7.51. The van der Waals surface area contributed by atoms with E-state index in [0.717, 1.165) is 37.2 Å². The van der Waals surface area contributed by atoms with Crippen LogP contribution in [0.5, 0.6) is 5.75 Å². The maximum absolute atomic E-state index is 12.5. The lowest BCUT2D eigenvalue weighted by molar-refractivity contribution is -0.130. The number of likely N-dealkylation sites (tertiary alicyclic amines) is 1. The molecule has 1 atom stereocenters. The molecule has 1 aromatic carbocycles. The van der Waals surface area contributed by atoms with Crippen LogP contribution in [0.4, 0.5) is 0 Å². The predicted molar refractivity (Wildman–Crippen MR) is 85.8 cm³/mol. The second-order valence-corrected chi connectivity index (χ2v) is 6.27. The molecule has 1 aromatic rings. The van der Waals surface area contributed by atoms with Crippen LogP contribution in [-0.4, -0.2) is 30.0 Å². The van der Waals surface area contributed by atoms with Crippen LogP contribution >= 0.6 is 11.6 Å². The number of carbonyl (C=O) groups is 1. The van der Waals surface area contributed by atoms with Gasteiger partial charge >= 0.3 is 0 Å². The number of carbonyl (C=O) groups excluding carboxylic acids is 1. The van der Waals surface area contributed by atoms with E-state index < -0.39 is 5.38 Å². The second-order valence-electron chi connectivity index (χ2n) is 5.84. The van der Waals surface area contributed by atoms with Crippen molar-refractivity contribution in [3.63, 3.8) is 0 Å². The van der Waals surface area contributed by atoms with Crippen LogP contribution < -0.4 is 4.74 Å². The molecule has 0 spiro atoms. The van der Waals surface area contributed by atoms with Crippen molar-refractivity contribution in [3.05, 3.63) is 29.8 Å². The number of ether oxygens (including phenoxy) is 1. The molecule has 0 N–H and O–H groups in total. The van der Waals surface area contributed by atoms with Crippen molar-refractivity contribution >= 4 is 17.5 Å². The van der Waals surface area contributed by atoms with Gasteiger partial charge in [0.25, 0.3) is 0 Å². The molecule has 1 unspecified atom stereocenters. The van der Waals surface area contributed by atoms with Crippen LogP contribution in [0.2, 0.25) is 0 Å². The zero-order chi connectivity index (χ0) is 15.2. The first-order valence-electron chi connectivity index (χ1n) is 7.77. The Morgan fingerprint density at radius 1 is 1.10 bits per heavy atom. The topological polar surface area (TPSA) is 29.5 Å². The molecule has 1 amide bonds. The van der Waals surface area contributed by atoms with Crippen LogP contribution in [0.1, 0.15) is 50.5 Å². The minimum absolute atomic E-state index is 0.0242. The lowest BCUT2D eigenvalue weighted by Gasteiger charge is -2.23. The average Bonchev–Trinajstić information content (AvgIpc) is 2.75. The SMILES string of the molecule is CC(C)Oc1ccc(C(Cl)C(=O)N2CCCCCC2)cc1. The van der Waals surface area contributed by atoms with Crippen LogP contribution in [0.25, 0.3) is 0 Å². The van der Waals surface area contributed by atoms with Gasteiger partial charge in [0.1, 0.15) is 11.1 Å². The van der Waals surface area contributed by atoms with Gasteiger partial charge in [-0.05, 0) is 44.4 Å². The first-order chi connectivity index (χ1) is 10.1. The van der Waals surface area contributed by atoms with Crippen LogP contribution in [0.3, 0.4) is 0 Å². The highest BCUT2D eigenvalue weighted by Gasteiger charge is 2.24. The maximum Gasteiger partial charge on any atom is 0.245 e. The maximum atomic E-state index is 12.5. The van der Waals surface area contributed by atoms with Crippen LogP contribution in [0.15, 0.2) is 24.3 Å². The quantitative estimate of drug-likeness (QED) is 0.782. The fourth-order valence-electron chi connectivity index (χ4n) is 2.58. The van der Waals surface area contributed by atoms with Gasteiger partial charge in [-0.25, -0.2) is 0 Å². The number of benzene rings is 1. The van der Waals surface area contributed by atoms with Crippen molar-refractivity contribution in [1.82, 2.24) is 4.90 Å². The van der Waals surface area contributed by atoms with E-state index in [1.165, 1.54) is 12.8 Å². The molecule has 0 bridgehead atoms. The summed E-state index contributed by atoms with van der Waals surface area (Å²) >= 11 is 6.37. The van der Waals surface area contributed by atoms with Crippen molar-refractivity contribution in [1.29, 1.82) is 0 Å². The fourth-order valence-corrected chi connectivity index (χ4v) is 2.86. The Kier molecular flexibility index (Phi) is 5.92. The average molecular weight is 310 g/mol. The summed E-state index contributed by atoms with van der Waals surface area (Å²) in [7, 11) is 0. The van der Waals surface area contributed by atoms with Crippen LogP contribution in [-0.2, 0) is 4.79 Å². The highest BCUT2D eigenvalue weighted by atomic mass is 35.5. The zero-order valence-corrected chi connectivity index (χ0v) is 13.6. The number of alkyl halides is 1. The Morgan fingerprint density at radius 2 is 1.67 bits per heavy atom. The summed E-state index contributed by atoms with van der Waals surface area (Å²) in [5.41, 5.74) is 0.835. The Morgan fingerprint density at radius 3 is 2.19 bits per heavy atom. The third-order valence-electron chi connectivity index (χ3n) is 3.68. The molecule has 1 heterocycles. The number of halogens is 1. The van der Waals surface area contributed by atoms with E-state index in [0.29, 0.717) is 0 Å². The third-order valence-corrected chi connectivity index (χ3v) is 4.12. The molecule has 0 radical (unpaired) electrons. The van der Waals surface area contributed by atoms with Crippen molar-refractivity contribution in [2.45, 2.75) is 51.0 Å². The Hall–Kier alpha value is -1.22. The largest absolute Gasteiger partial charge is 0.491 e. The van der Waals surface area contributed by atoms with E-state index in [1.807, 2.05) is 43.0 Å². The first kappa shape index (κ1) is 16.2. The lowest BCUT2D eigenvalue weighted by Crippen LogP contribution is -2.34. The number of nitrogens with zero attached hydrogens (tertiary/aromatic N) is 1. The Bertz CT molecular complexity index is 450.